The van der Waals surface area contributed by atoms with Crippen LogP contribution in [0.2, 0.25) is 5.02 Å². The van der Waals surface area contributed by atoms with Gasteiger partial charge in [0.25, 0.3) is 0 Å². The van der Waals surface area contributed by atoms with Crippen LogP contribution in [0.3, 0.4) is 0 Å². The minimum Gasteiger partial charge on any atom is -0.396 e. The molecule has 0 aliphatic heterocycles. The molecule has 0 bridgehead atoms. The predicted octanol–water partition coefficient (Wildman–Crippen LogP) is 3.73. The summed E-state index contributed by atoms with van der Waals surface area (Å²) >= 11 is 5.77. The largest absolute Gasteiger partial charge is 0.396 e. The molecule has 2 rings (SSSR count). The van der Waals surface area contributed by atoms with E-state index >= 15 is 0 Å². The van der Waals surface area contributed by atoms with Crippen molar-refractivity contribution in [3.8, 4) is 0 Å². The predicted molar refractivity (Wildman–Crippen MR) is 84.0 cm³/mol. The Labute approximate surface area is 129 Å². The summed E-state index contributed by atoms with van der Waals surface area (Å²) in [4.78, 5) is 0. The maximum absolute atomic E-state index is 13.1. The zero-order chi connectivity index (χ0) is 15.1. The Kier molecular flexibility index (Phi) is 6.18. The monoisotopic (exact) mass is 307 g/mol. The first-order valence-corrected chi connectivity index (χ1v) is 7.39. The average molecular weight is 308 g/mol. The molecule has 0 radical (unpaired) electrons. The molecule has 0 saturated heterocycles. The molecule has 2 aromatic carbocycles. The SMILES string of the molecule is OCCC(CNCc1ccc(F)c(Cl)c1)c1ccccc1. The van der Waals surface area contributed by atoms with Crippen LogP contribution in [0.4, 0.5) is 4.39 Å². The fraction of sp³-hybridized carbons (Fsp3) is 0.294. The molecule has 0 fully saturated rings. The number of benzene rings is 2. The Morgan fingerprint density at radius 2 is 1.90 bits per heavy atom. The lowest BCUT2D eigenvalue weighted by molar-refractivity contribution is 0.273. The maximum atomic E-state index is 13.1. The first-order valence-electron chi connectivity index (χ1n) is 7.01. The summed E-state index contributed by atoms with van der Waals surface area (Å²) in [5, 5.41) is 12.7. The van der Waals surface area contributed by atoms with Gasteiger partial charge in [-0.1, -0.05) is 48.0 Å². The van der Waals surface area contributed by atoms with Gasteiger partial charge in [0.2, 0.25) is 0 Å². The third-order valence-electron chi connectivity index (χ3n) is 3.45. The Balaban J connectivity index is 1.91. The summed E-state index contributed by atoms with van der Waals surface area (Å²) in [6, 6.07) is 14.8. The fourth-order valence-corrected chi connectivity index (χ4v) is 2.51. The van der Waals surface area contributed by atoms with Gasteiger partial charge in [-0.25, -0.2) is 4.39 Å². The van der Waals surface area contributed by atoms with Crippen LogP contribution in [0.15, 0.2) is 48.5 Å². The fourth-order valence-electron chi connectivity index (χ4n) is 2.31. The van der Waals surface area contributed by atoms with Gasteiger partial charge in [0.15, 0.2) is 0 Å². The van der Waals surface area contributed by atoms with Gasteiger partial charge in [-0.2, -0.15) is 0 Å². The lowest BCUT2D eigenvalue weighted by atomic mass is 9.96. The van der Waals surface area contributed by atoms with Crippen molar-refractivity contribution < 1.29 is 9.50 Å². The number of hydrogen-bond donors (Lipinski definition) is 2. The second kappa shape index (κ2) is 8.13. The van der Waals surface area contributed by atoms with E-state index in [2.05, 4.69) is 17.4 Å². The van der Waals surface area contributed by atoms with Gasteiger partial charge in [-0.15, -0.1) is 0 Å². The number of nitrogens with one attached hydrogen (secondary N) is 1. The van der Waals surface area contributed by atoms with E-state index in [-0.39, 0.29) is 17.5 Å². The van der Waals surface area contributed by atoms with Crippen molar-refractivity contribution in [2.75, 3.05) is 13.2 Å². The molecule has 0 aromatic heterocycles. The number of halogens is 2. The molecule has 0 heterocycles. The first-order chi connectivity index (χ1) is 10.2. The van der Waals surface area contributed by atoms with Crippen LogP contribution >= 0.6 is 11.6 Å². The summed E-state index contributed by atoms with van der Waals surface area (Å²) in [7, 11) is 0. The van der Waals surface area contributed by atoms with E-state index in [4.69, 9.17) is 11.6 Å². The third kappa shape index (κ3) is 4.81. The quantitative estimate of drug-likeness (QED) is 0.817. The van der Waals surface area contributed by atoms with Crippen molar-refractivity contribution in [2.45, 2.75) is 18.9 Å². The summed E-state index contributed by atoms with van der Waals surface area (Å²) in [5.74, 6) is -0.144. The number of hydrogen-bond acceptors (Lipinski definition) is 2. The van der Waals surface area contributed by atoms with Crippen LogP contribution in [0, 0.1) is 5.82 Å². The Morgan fingerprint density at radius 1 is 1.14 bits per heavy atom. The van der Waals surface area contributed by atoms with E-state index in [0.29, 0.717) is 13.0 Å². The number of aliphatic hydroxyl groups excluding tert-OH is 1. The lowest BCUT2D eigenvalue weighted by Gasteiger charge is -2.17. The Hall–Kier alpha value is -1.42. The van der Waals surface area contributed by atoms with Gasteiger partial charge >= 0.3 is 0 Å². The van der Waals surface area contributed by atoms with Gasteiger partial charge in [0.05, 0.1) is 5.02 Å². The van der Waals surface area contributed by atoms with Crippen molar-refractivity contribution in [1.29, 1.82) is 0 Å². The number of aliphatic hydroxyl groups is 1. The first kappa shape index (κ1) is 16.0. The van der Waals surface area contributed by atoms with Crippen LogP contribution in [-0.4, -0.2) is 18.3 Å². The molecule has 2 aromatic rings. The molecule has 112 valence electrons. The van der Waals surface area contributed by atoms with Crippen LogP contribution in [-0.2, 0) is 6.54 Å². The average Bonchev–Trinajstić information content (AvgIpc) is 2.51. The van der Waals surface area contributed by atoms with Gasteiger partial charge in [-0.3, -0.25) is 0 Å². The van der Waals surface area contributed by atoms with Crippen molar-refractivity contribution in [3.05, 3.63) is 70.5 Å². The van der Waals surface area contributed by atoms with Gasteiger partial charge in [-0.05, 0) is 35.6 Å². The minimum atomic E-state index is -0.400. The normalized spacial score (nSPS) is 12.3. The van der Waals surface area contributed by atoms with E-state index in [1.807, 2.05) is 18.2 Å². The molecule has 0 spiro atoms. The molecular formula is C17H19ClFNO. The van der Waals surface area contributed by atoms with Crippen molar-refractivity contribution >= 4 is 11.6 Å². The van der Waals surface area contributed by atoms with Crippen LogP contribution in [0.5, 0.6) is 0 Å². The van der Waals surface area contributed by atoms with E-state index in [0.717, 1.165) is 12.1 Å². The molecule has 0 aliphatic rings. The van der Waals surface area contributed by atoms with Crippen LogP contribution in [0.1, 0.15) is 23.5 Å². The molecule has 1 unspecified atom stereocenters. The van der Waals surface area contributed by atoms with Crippen molar-refractivity contribution in [1.82, 2.24) is 5.32 Å². The van der Waals surface area contributed by atoms with E-state index in [1.54, 1.807) is 12.1 Å². The van der Waals surface area contributed by atoms with Crippen molar-refractivity contribution in [2.24, 2.45) is 0 Å². The summed E-state index contributed by atoms with van der Waals surface area (Å²) < 4.78 is 13.1. The van der Waals surface area contributed by atoms with E-state index in [1.165, 1.54) is 11.6 Å². The lowest BCUT2D eigenvalue weighted by Crippen LogP contribution is -2.22. The molecule has 1 atom stereocenters. The zero-order valence-corrected chi connectivity index (χ0v) is 12.5. The second-order valence-electron chi connectivity index (χ2n) is 5.00. The molecule has 2 nitrogen and oxygen atoms in total. The number of rotatable bonds is 7. The van der Waals surface area contributed by atoms with E-state index < -0.39 is 5.82 Å². The molecule has 0 saturated carbocycles. The smallest absolute Gasteiger partial charge is 0.141 e. The highest BCUT2D eigenvalue weighted by atomic mass is 35.5. The highest BCUT2D eigenvalue weighted by molar-refractivity contribution is 6.30. The topological polar surface area (TPSA) is 32.3 Å². The summed E-state index contributed by atoms with van der Waals surface area (Å²) in [6.45, 7) is 1.53. The van der Waals surface area contributed by atoms with Gasteiger partial charge in [0.1, 0.15) is 5.82 Å². The van der Waals surface area contributed by atoms with Crippen LogP contribution in [0.25, 0.3) is 0 Å². The standard InChI is InChI=1S/C17H19ClFNO/c18-16-10-13(6-7-17(16)19)11-20-12-15(8-9-21)14-4-2-1-3-5-14/h1-7,10,15,20-21H,8-9,11-12H2. The second-order valence-corrected chi connectivity index (χ2v) is 5.41. The Bertz CT molecular complexity index is 562. The molecule has 0 amide bonds. The molecule has 2 N–H and O–H groups in total. The van der Waals surface area contributed by atoms with Crippen molar-refractivity contribution in [3.63, 3.8) is 0 Å². The highest BCUT2D eigenvalue weighted by Crippen LogP contribution is 2.19. The van der Waals surface area contributed by atoms with E-state index in [9.17, 15) is 9.50 Å². The molecular weight excluding hydrogens is 289 g/mol. The molecule has 21 heavy (non-hydrogen) atoms. The minimum absolute atomic E-state index is 0.143. The molecule has 4 heteroatoms. The summed E-state index contributed by atoms with van der Waals surface area (Å²) in [6.07, 6.45) is 0.710. The van der Waals surface area contributed by atoms with Crippen LogP contribution < -0.4 is 5.32 Å². The van der Waals surface area contributed by atoms with Gasteiger partial charge in [0, 0.05) is 19.7 Å². The molecule has 0 aliphatic carbocycles. The highest BCUT2D eigenvalue weighted by Gasteiger charge is 2.10. The third-order valence-corrected chi connectivity index (χ3v) is 3.74. The van der Waals surface area contributed by atoms with Gasteiger partial charge < -0.3 is 10.4 Å². The summed E-state index contributed by atoms with van der Waals surface area (Å²) in [5.41, 5.74) is 2.15. The Morgan fingerprint density at radius 3 is 2.57 bits per heavy atom. The maximum Gasteiger partial charge on any atom is 0.141 e. The zero-order valence-electron chi connectivity index (χ0n) is 11.7.